The molecule has 2 aromatic rings. The van der Waals surface area contributed by atoms with E-state index in [1.165, 1.54) is 0 Å². The van der Waals surface area contributed by atoms with Gasteiger partial charge in [-0.15, -0.1) is 0 Å². The number of carbonyl (C=O) groups is 1. The lowest BCUT2D eigenvalue weighted by Crippen LogP contribution is -2.62. The Morgan fingerprint density at radius 1 is 1.25 bits per heavy atom. The number of carbonyl (C=O) groups excluding carboxylic acids is 1. The molecule has 1 aromatic carbocycles. The second-order valence-electron chi connectivity index (χ2n) is 7.24. The summed E-state index contributed by atoms with van der Waals surface area (Å²) in [5, 5.41) is 3.07. The van der Waals surface area contributed by atoms with Crippen molar-refractivity contribution in [2.75, 3.05) is 13.1 Å². The predicted octanol–water partition coefficient (Wildman–Crippen LogP) is 4.06. The van der Waals surface area contributed by atoms with Crippen LogP contribution in [0.4, 0.5) is 13.2 Å². The normalized spacial score (nSPS) is 27.0. The highest BCUT2D eigenvalue weighted by Crippen LogP contribution is 2.34. The standard InChI is InChI=1S/C19H20F3N3O2S/c1-11-16(12-6-8-25(11)9-7-12)24-17(26)13-2-4-14(5-3-13)28-18-23-15(10-27-18)19(20,21)22/h2-5,10-12,16H,6-9H2,1H3,(H,24,26)/t11-,16-/m0/s1. The van der Waals surface area contributed by atoms with Crippen molar-refractivity contribution < 1.29 is 22.4 Å². The molecule has 3 fully saturated rings. The Labute approximate surface area is 164 Å². The van der Waals surface area contributed by atoms with E-state index in [1.807, 2.05) is 0 Å². The summed E-state index contributed by atoms with van der Waals surface area (Å²) < 4.78 is 42.6. The largest absolute Gasteiger partial charge is 0.439 e. The van der Waals surface area contributed by atoms with Gasteiger partial charge in [0.05, 0.1) is 0 Å². The molecule has 1 aromatic heterocycles. The number of aromatic nitrogens is 1. The van der Waals surface area contributed by atoms with E-state index in [2.05, 4.69) is 22.1 Å². The zero-order chi connectivity index (χ0) is 19.9. The van der Waals surface area contributed by atoms with Crippen LogP contribution in [0.5, 0.6) is 0 Å². The molecular weight excluding hydrogens is 391 g/mol. The highest BCUT2D eigenvalue weighted by Gasteiger charge is 2.40. The van der Waals surface area contributed by atoms with Crippen molar-refractivity contribution in [1.82, 2.24) is 15.2 Å². The van der Waals surface area contributed by atoms with Crippen molar-refractivity contribution in [1.29, 1.82) is 0 Å². The SMILES string of the molecule is C[C@H]1[C@H](NC(=O)c2ccc(Sc3nc(C(F)(F)F)co3)cc2)C2CCN1CC2. The third-order valence-electron chi connectivity index (χ3n) is 5.57. The van der Waals surface area contributed by atoms with Crippen LogP contribution in [0.2, 0.25) is 0 Å². The van der Waals surface area contributed by atoms with Crippen LogP contribution in [0.1, 0.15) is 35.8 Å². The summed E-state index contributed by atoms with van der Waals surface area (Å²) >= 11 is 0.975. The van der Waals surface area contributed by atoms with E-state index in [4.69, 9.17) is 4.42 Å². The van der Waals surface area contributed by atoms with E-state index < -0.39 is 11.9 Å². The lowest BCUT2D eigenvalue weighted by molar-refractivity contribution is -0.141. The van der Waals surface area contributed by atoms with Crippen LogP contribution >= 0.6 is 11.8 Å². The molecule has 4 heterocycles. The number of alkyl halides is 3. The number of fused-ring (bicyclic) bond motifs is 3. The van der Waals surface area contributed by atoms with Gasteiger partial charge in [0.1, 0.15) is 6.26 Å². The quantitative estimate of drug-likeness (QED) is 0.822. The fourth-order valence-corrected chi connectivity index (χ4v) is 4.70. The zero-order valence-corrected chi connectivity index (χ0v) is 16.0. The van der Waals surface area contributed by atoms with Gasteiger partial charge >= 0.3 is 6.18 Å². The Morgan fingerprint density at radius 2 is 1.93 bits per heavy atom. The summed E-state index contributed by atoms with van der Waals surface area (Å²) in [6.45, 7) is 4.35. The molecule has 3 aliphatic rings. The van der Waals surface area contributed by atoms with Crippen LogP contribution in [0.15, 0.2) is 45.1 Å². The third kappa shape index (κ3) is 3.91. The molecule has 5 nitrogen and oxygen atoms in total. The van der Waals surface area contributed by atoms with Gasteiger partial charge in [0.15, 0.2) is 5.69 Å². The molecule has 1 N–H and O–H groups in total. The number of piperidine rings is 3. The lowest BCUT2D eigenvalue weighted by atomic mass is 9.79. The maximum Gasteiger partial charge on any atom is 0.436 e. The van der Waals surface area contributed by atoms with Crippen LogP contribution in [-0.2, 0) is 6.18 Å². The van der Waals surface area contributed by atoms with Crippen LogP contribution in [0, 0.1) is 5.92 Å². The number of hydrogen-bond donors (Lipinski definition) is 1. The number of nitrogens with zero attached hydrogens (tertiary/aromatic N) is 2. The molecule has 3 aliphatic heterocycles. The number of benzene rings is 1. The molecule has 0 unspecified atom stereocenters. The topological polar surface area (TPSA) is 58.4 Å². The van der Waals surface area contributed by atoms with Gasteiger partial charge in [-0.25, -0.2) is 0 Å². The molecular formula is C19H20F3N3O2S. The van der Waals surface area contributed by atoms with Gasteiger partial charge in [-0.1, -0.05) is 0 Å². The van der Waals surface area contributed by atoms with Crippen LogP contribution in [0.25, 0.3) is 0 Å². The van der Waals surface area contributed by atoms with Gasteiger partial charge < -0.3 is 9.73 Å². The first-order valence-electron chi connectivity index (χ1n) is 9.17. The Hall–Kier alpha value is -2.00. The van der Waals surface area contributed by atoms with E-state index in [0.717, 1.165) is 37.7 Å². The molecule has 0 radical (unpaired) electrons. The number of oxazole rings is 1. The van der Waals surface area contributed by atoms with Crippen molar-refractivity contribution in [2.45, 2.75) is 48.1 Å². The van der Waals surface area contributed by atoms with E-state index in [0.29, 0.717) is 28.7 Å². The van der Waals surface area contributed by atoms with Crippen LogP contribution < -0.4 is 5.32 Å². The molecule has 28 heavy (non-hydrogen) atoms. The Morgan fingerprint density at radius 3 is 2.50 bits per heavy atom. The predicted molar refractivity (Wildman–Crippen MR) is 97.1 cm³/mol. The zero-order valence-electron chi connectivity index (χ0n) is 15.2. The minimum atomic E-state index is -4.53. The third-order valence-corrected chi connectivity index (χ3v) is 6.44. The summed E-state index contributed by atoms with van der Waals surface area (Å²) in [5.74, 6) is 0.393. The highest BCUT2D eigenvalue weighted by atomic mass is 32.2. The van der Waals surface area contributed by atoms with Gasteiger partial charge in [0.2, 0.25) is 0 Å². The van der Waals surface area contributed by atoms with E-state index in [1.54, 1.807) is 24.3 Å². The molecule has 3 saturated heterocycles. The van der Waals surface area contributed by atoms with Crippen molar-refractivity contribution in [2.24, 2.45) is 5.92 Å². The first-order chi connectivity index (χ1) is 13.3. The summed E-state index contributed by atoms with van der Waals surface area (Å²) in [6, 6.07) is 7.17. The molecule has 150 valence electrons. The number of amides is 1. The summed E-state index contributed by atoms with van der Waals surface area (Å²) in [5.41, 5.74) is -0.533. The highest BCUT2D eigenvalue weighted by molar-refractivity contribution is 7.99. The molecule has 5 rings (SSSR count). The molecule has 0 saturated carbocycles. The van der Waals surface area contributed by atoms with Gasteiger partial charge in [-0.3, -0.25) is 9.69 Å². The second kappa shape index (κ2) is 7.44. The van der Waals surface area contributed by atoms with Gasteiger partial charge in [-0.05, 0) is 74.8 Å². The van der Waals surface area contributed by atoms with Gasteiger partial charge in [0.25, 0.3) is 11.1 Å². The van der Waals surface area contributed by atoms with Crippen molar-refractivity contribution in [3.8, 4) is 0 Å². The molecule has 9 heteroatoms. The maximum atomic E-state index is 12.6. The first-order valence-corrected chi connectivity index (χ1v) is 9.98. The second-order valence-corrected chi connectivity index (χ2v) is 8.26. The monoisotopic (exact) mass is 411 g/mol. The number of nitrogens with one attached hydrogen (secondary N) is 1. The van der Waals surface area contributed by atoms with Gasteiger partial charge in [-0.2, -0.15) is 18.2 Å². The fraction of sp³-hybridized carbons (Fsp3) is 0.474. The minimum Gasteiger partial charge on any atom is -0.439 e. The number of hydrogen-bond acceptors (Lipinski definition) is 5. The van der Waals surface area contributed by atoms with E-state index in [9.17, 15) is 18.0 Å². The first kappa shape index (κ1) is 19.3. The summed E-state index contributed by atoms with van der Waals surface area (Å²) in [7, 11) is 0. The average Bonchev–Trinajstić information content (AvgIpc) is 3.14. The maximum absolute atomic E-state index is 12.6. The molecule has 2 bridgehead atoms. The van der Waals surface area contributed by atoms with Crippen molar-refractivity contribution in [3.05, 3.63) is 41.8 Å². The Bertz CT molecular complexity index is 843. The average molecular weight is 411 g/mol. The van der Waals surface area contributed by atoms with Crippen molar-refractivity contribution in [3.63, 3.8) is 0 Å². The van der Waals surface area contributed by atoms with E-state index >= 15 is 0 Å². The molecule has 1 amide bonds. The lowest BCUT2D eigenvalue weighted by Gasteiger charge is -2.49. The van der Waals surface area contributed by atoms with Crippen molar-refractivity contribution >= 4 is 17.7 Å². The number of halogens is 3. The molecule has 2 atom stereocenters. The smallest absolute Gasteiger partial charge is 0.436 e. The van der Waals surface area contributed by atoms with Crippen LogP contribution in [-0.4, -0.2) is 41.0 Å². The Balaban J connectivity index is 1.39. The molecule has 0 aliphatic carbocycles. The fourth-order valence-electron chi connectivity index (χ4n) is 3.99. The van der Waals surface area contributed by atoms with E-state index in [-0.39, 0.29) is 17.2 Å². The summed E-state index contributed by atoms with van der Waals surface area (Å²) in [4.78, 5) is 19.1. The summed E-state index contributed by atoms with van der Waals surface area (Å²) in [6.07, 6.45) is -1.71. The van der Waals surface area contributed by atoms with Gasteiger partial charge in [0, 0.05) is 22.5 Å². The van der Waals surface area contributed by atoms with Crippen LogP contribution in [0.3, 0.4) is 0 Å². The Kier molecular flexibility index (Phi) is 5.13. The number of rotatable bonds is 4. The minimum absolute atomic E-state index is 0.0920. The molecule has 0 spiro atoms.